The van der Waals surface area contributed by atoms with Crippen molar-refractivity contribution in [2.75, 3.05) is 24.7 Å². The molecule has 118 valence electrons. The first kappa shape index (κ1) is 14.6. The number of rotatable bonds is 5. The van der Waals surface area contributed by atoms with Crippen molar-refractivity contribution in [3.05, 3.63) is 27.4 Å². The van der Waals surface area contributed by atoms with Gasteiger partial charge in [0, 0.05) is 31.7 Å². The molecular weight excluding hydrogens is 314 g/mol. The van der Waals surface area contributed by atoms with Gasteiger partial charge in [-0.15, -0.1) is 10.2 Å². The fraction of sp³-hybridized carbons (Fsp3) is 0.625. The predicted octanol–water partition coefficient (Wildman–Crippen LogP) is 3.70. The Kier molecular flexibility index (Phi) is 4.15. The van der Waals surface area contributed by atoms with Gasteiger partial charge in [-0.2, -0.15) is 11.3 Å². The molecule has 0 bridgehead atoms. The molecule has 2 fully saturated rings. The van der Waals surface area contributed by atoms with Crippen molar-refractivity contribution >= 4 is 27.8 Å². The van der Waals surface area contributed by atoms with Crippen LogP contribution in [-0.4, -0.2) is 36.0 Å². The first-order valence-electron chi connectivity index (χ1n) is 7.98. The average molecular weight is 335 g/mol. The minimum Gasteiger partial charge on any atom is -0.381 e. The molecular formula is C16H21N3OS2. The summed E-state index contributed by atoms with van der Waals surface area (Å²) < 4.78 is 5.50. The van der Waals surface area contributed by atoms with Gasteiger partial charge in [-0.3, -0.25) is 0 Å². The van der Waals surface area contributed by atoms with E-state index in [1.807, 2.05) is 6.92 Å². The Balaban J connectivity index is 1.51. The molecule has 1 saturated carbocycles. The van der Waals surface area contributed by atoms with Crippen molar-refractivity contribution in [2.24, 2.45) is 5.92 Å². The van der Waals surface area contributed by atoms with Crippen LogP contribution in [0.15, 0.2) is 16.8 Å². The third-order valence-electron chi connectivity index (χ3n) is 4.69. The van der Waals surface area contributed by atoms with Crippen LogP contribution in [0.4, 0.5) is 5.13 Å². The van der Waals surface area contributed by atoms with Gasteiger partial charge in [0.25, 0.3) is 0 Å². The Labute approximate surface area is 139 Å². The van der Waals surface area contributed by atoms with Gasteiger partial charge in [0.15, 0.2) is 0 Å². The van der Waals surface area contributed by atoms with Crippen LogP contribution >= 0.6 is 22.7 Å². The standard InChI is InChI=1S/C16H21N3OS2/c1-11-17-18-16(22-11)19(9-12-2-5-20-6-3-12)15-8-14(15)13-4-7-21-10-13/h4,7,10,12,14-15H,2-3,5-6,8-9H2,1H3/t14-,15+/m1/s1. The highest BCUT2D eigenvalue weighted by Crippen LogP contribution is 2.47. The van der Waals surface area contributed by atoms with Crippen LogP contribution in [0.5, 0.6) is 0 Å². The van der Waals surface area contributed by atoms with Gasteiger partial charge in [-0.1, -0.05) is 11.3 Å². The molecule has 2 aliphatic rings. The lowest BCUT2D eigenvalue weighted by atomic mass is 10.00. The van der Waals surface area contributed by atoms with Gasteiger partial charge in [-0.25, -0.2) is 0 Å². The number of aromatic nitrogens is 2. The number of hydrogen-bond acceptors (Lipinski definition) is 6. The third kappa shape index (κ3) is 3.05. The quantitative estimate of drug-likeness (QED) is 0.835. The van der Waals surface area contributed by atoms with Gasteiger partial charge >= 0.3 is 0 Å². The highest BCUT2D eigenvalue weighted by molar-refractivity contribution is 7.15. The van der Waals surface area contributed by atoms with Crippen LogP contribution in [-0.2, 0) is 4.74 Å². The lowest BCUT2D eigenvalue weighted by molar-refractivity contribution is 0.0681. The second-order valence-electron chi connectivity index (χ2n) is 6.28. The third-order valence-corrected chi connectivity index (χ3v) is 6.26. The largest absolute Gasteiger partial charge is 0.381 e. The Morgan fingerprint density at radius 2 is 2.18 bits per heavy atom. The van der Waals surface area contributed by atoms with Crippen LogP contribution in [0.2, 0.25) is 0 Å². The zero-order chi connectivity index (χ0) is 14.9. The molecule has 0 N–H and O–H groups in total. The average Bonchev–Trinajstić information content (AvgIpc) is 2.95. The summed E-state index contributed by atoms with van der Waals surface area (Å²) in [5, 5.41) is 15.3. The van der Waals surface area contributed by atoms with Gasteiger partial charge in [0.1, 0.15) is 5.01 Å². The highest BCUT2D eigenvalue weighted by atomic mass is 32.1. The van der Waals surface area contributed by atoms with E-state index in [1.165, 1.54) is 24.8 Å². The van der Waals surface area contributed by atoms with E-state index >= 15 is 0 Å². The Bertz CT molecular complexity index is 607. The Morgan fingerprint density at radius 1 is 1.32 bits per heavy atom. The molecule has 2 aromatic rings. The number of aryl methyl sites for hydroxylation is 1. The van der Waals surface area contributed by atoms with Crippen LogP contribution in [0, 0.1) is 12.8 Å². The van der Waals surface area contributed by atoms with Crippen molar-refractivity contribution < 1.29 is 4.74 Å². The highest BCUT2D eigenvalue weighted by Gasteiger charge is 2.44. The zero-order valence-corrected chi connectivity index (χ0v) is 14.4. The maximum Gasteiger partial charge on any atom is 0.208 e. The van der Waals surface area contributed by atoms with Crippen molar-refractivity contribution in [1.82, 2.24) is 10.2 Å². The van der Waals surface area contributed by atoms with Crippen LogP contribution in [0.3, 0.4) is 0 Å². The van der Waals surface area contributed by atoms with Crippen LogP contribution < -0.4 is 4.90 Å². The number of nitrogens with zero attached hydrogens (tertiary/aromatic N) is 3. The van der Waals surface area contributed by atoms with Crippen LogP contribution in [0.1, 0.15) is 35.8 Å². The second-order valence-corrected chi connectivity index (χ2v) is 8.22. The maximum atomic E-state index is 5.50. The first-order valence-corrected chi connectivity index (χ1v) is 9.74. The van der Waals surface area contributed by atoms with E-state index in [9.17, 15) is 0 Å². The van der Waals surface area contributed by atoms with E-state index in [1.54, 1.807) is 22.7 Å². The van der Waals surface area contributed by atoms with Crippen molar-refractivity contribution in [2.45, 2.75) is 38.1 Å². The van der Waals surface area contributed by atoms with Crippen molar-refractivity contribution in [3.8, 4) is 0 Å². The predicted molar refractivity (Wildman–Crippen MR) is 91.0 cm³/mol. The molecule has 4 rings (SSSR count). The molecule has 22 heavy (non-hydrogen) atoms. The van der Waals surface area contributed by atoms with E-state index in [0.29, 0.717) is 12.0 Å². The molecule has 0 unspecified atom stereocenters. The maximum absolute atomic E-state index is 5.50. The molecule has 2 atom stereocenters. The smallest absolute Gasteiger partial charge is 0.208 e. The molecule has 0 spiro atoms. The summed E-state index contributed by atoms with van der Waals surface area (Å²) >= 11 is 3.52. The van der Waals surface area contributed by atoms with E-state index in [-0.39, 0.29) is 0 Å². The first-order chi connectivity index (χ1) is 10.8. The SMILES string of the molecule is Cc1nnc(N(CC2CCOCC2)[C@H]2C[C@@H]2c2ccsc2)s1. The fourth-order valence-electron chi connectivity index (χ4n) is 3.33. The topological polar surface area (TPSA) is 38.2 Å². The van der Waals surface area contributed by atoms with Gasteiger partial charge < -0.3 is 9.64 Å². The summed E-state index contributed by atoms with van der Waals surface area (Å²) in [6.45, 7) is 4.96. The summed E-state index contributed by atoms with van der Waals surface area (Å²) in [5.74, 6) is 1.40. The molecule has 3 heterocycles. The summed E-state index contributed by atoms with van der Waals surface area (Å²) in [5.41, 5.74) is 1.49. The number of hydrogen-bond donors (Lipinski definition) is 0. The monoisotopic (exact) mass is 335 g/mol. The lowest BCUT2D eigenvalue weighted by Crippen LogP contribution is -2.34. The Morgan fingerprint density at radius 3 is 2.86 bits per heavy atom. The normalized spacial score (nSPS) is 25.3. The zero-order valence-electron chi connectivity index (χ0n) is 12.8. The summed E-state index contributed by atoms with van der Waals surface area (Å²) in [6, 6.07) is 2.87. The van der Waals surface area contributed by atoms with Crippen molar-refractivity contribution in [3.63, 3.8) is 0 Å². The van der Waals surface area contributed by atoms with E-state index < -0.39 is 0 Å². The fourth-order valence-corrected chi connectivity index (χ4v) is 4.81. The summed E-state index contributed by atoms with van der Waals surface area (Å²) in [4.78, 5) is 2.53. The summed E-state index contributed by atoms with van der Waals surface area (Å²) in [7, 11) is 0. The molecule has 4 nitrogen and oxygen atoms in total. The van der Waals surface area contributed by atoms with Gasteiger partial charge in [0.05, 0.1) is 0 Å². The van der Waals surface area contributed by atoms with Gasteiger partial charge in [0.2, 0.25) is 5.13 Å². The number of ether oxygens (including phenoxy) is 1. The number of thiophene rings is 1. The molecule has 0 radical (unpaired) electrons. The van der Waals surface area contributed by atoms with Crippen molar-refractivity contribution in [1.29, 1.82) is 0 Å². The lowest BCUT2D eigenvalue weighted by Gasteiger charge is -2.29. The molecule has 6 heteroatoms. The van der Waals surface area contributed by atoms with E-state index in [4.69, 9.17) is 4.74 Å². The molecule has 1 aliphatic carbocycles. The molecule has 1 aliphatic heterocycles. The minimum atomic E-state index is 0.602. The minimum absolute atomic E-state index is 0.602. The second kappa shape index (κ2) is 6.26. The van der Waals surface area contributed by atoms with E-state index in [2.05, 4.69) is 31.9 Å². The molecule has 0 aromatic carbocycles. The molecule has 0 amide bonds. The van der Waals surface area contributed by atoms with Crippen LogP contribution in [0.25, 0.3) is 0 Å². The molecule has 2 aromatic heterocycles. The summed E-state index contributed by atoms with van der Waals surface area (Å²) in [6.07, 6.45) is 3.59. The number of anilines is 1. The van der Waals surface area contributed by atoms with Gasteiger partial charge in [-0.05, 0) is 54.5 Å². The molecule has 1 saturated heterocycles. The van der Waals surface area contributed by atoms with E-state index in [0.717, 1.165) is 35.8 Å². The Hall–Kier alpha value is -0.980.